The average Bonchev–Trinajstić information content (AvgIpc) is 2.58. The summed E-state index contributed by atoms with van der Waals surface area (Å²) in [7, 11) is 0. The van der Waals surface area contributed by atoms with Gasteiger partial charge in [-0.3, -0.25) is 4.79 Å². The molecule has 1 aromatic carbocycles. The molecule has 0 bridgehead atoms. The van der Waals surface area contributed by atoms with E-state index < -0.39 is 0 Å². The van der Waals surface area contributed by atoms with Crippen LogP contribution in [0.3, 0.4) is 0 Å². The van der Waals surface area contributed by atoms with Gasteiger partial charge in [-0.1, -0.05) is 24.1 Å². The van der Waals surface area contributed by atoms with Gasteiger partial charge in [-0.15, -0.1) is 18.2 Å². The lowest BCUT2D eigenvalue weighted by atomic mass is 10.1. The number of amides is 1. The van der Waals surface area contributed by atoms with E-state index in [1.165, 1.54) is 5.56 Å². The smallest absolute Gasteiger partial charge is 0.241 e. The molecule has 0 aliphatic carbocycles. The molecule has 0 aromatic heterocycles. The van der Waals surface area contributed by atoms with Crippen molar-refractivity contribution in [2.75, 3.05) is 23.4 Å². The summed E-state index contributed by atoms with van der Waals surface area (Å²) in [4.78, 5) is 12.1. The number of aryl methyl sites for hydroxylation is 1. The van der Waals surface area contributed by atoms with E-state index in [-0.39, 0.29) is 11.9 Å². The zero-order chi connectivity index (χ0) is 13.5. The number of benzene rings is 1. The minimum Gasteiger partial charge on any atom is -0.324 e. The number of terminal acetylenes is 1. The molecule has 100 valence electrons. The lowest BCUT2D eigenvalue weighted by molar-refractivity contribution is -0.118. The largest absolute Gasteiger partial charge is 0.324 e. The molecule has 4 heteroatoms. The molecule has 1 aliphatic heterocycles. The zero-order valence-electron chi connectivity index (χ0n) is 10.8. The Morgan fingerprint density at radius 2 is 2.32 bits per heavy atom. The van der Waals surface area contributed by atoms with Crippen molar-refractivity contribution in [1.29, 1.82) is 0 Å². The highest BCUT2D eigenvalue weighted by Crippen LogP contribution is 2.21. The van der Waals surface area contributed by atoms with Gasteiger partial charge in [0.25, 0.3) is 0 Å². The Morgan fingerprint density at radius 1 is 1.47 bits per heavy atom. The average molecular weight is 274 g/mol. The Labute approximate surface area is 118 Å². The molecule has 1 heterocycles. The van der Waals surface area contributed by atoms with E-state index in [0.29, 0.717) is 0 Å². The van der Waals surface area contributed by atoms with E-state index in [4.69, 9.17) is 6.42 Å². The highest BCUT2D eigenvalue weighted by molar-refractivity contribution is 7.99. The van der Waals surface area contributed by atoms with Crippen LogP contribution in [0.2, 0.25) is 0 Å². The maximum Gasteiger partial charge on any atom is 0.241 e. The number of hydrogen-bond donors (Lipinski definition) is 2. The van der Waals surface area contributed by atoms with Crippen molar-refractivity contribution in [3.63, 3.8) is 0 Å². The second kappa shape index (κ2) is 7.22. The first kappa shape index (κ1) is 14.0. The second-order valence-corrected chi connectivity index (χ2v) is 5.55. The SMILES string of the molecule is C#CCSCCNC1CCc2ccccc2NC1=O. The quantitative estimate of drug-likeness (QED) is 0.636. The number of nitrogens with one attached hydrogen (secondary N) is 2. The highest BCUT2D eigenvalue weighted by Gasteiger charge is 2.22. The fourth-order valence-electron chi connectivity index (χ4n) is 2.14. The van der Waals surface area contributed by atoms with E-state index in [9.17, 15) is 4.79 Å². The van der Waals surface area contributed by atoms with Gasteiger partial charge in [0.05, 0.1) is 11.8 Å². The summed E-state index contributed by atoms with van der Waals surface area (Å²) in [6.07, 6.45) is 6.95. The Kier molecular flexibility index (Phi) is 5.31. The van der Waals surface area contributed by atoms with Crippen LogP contribution in [-0.2, 0) is 11.2 Å². The molecule has 0 fully saturated rings. The van der Waals surface area contributed by atoms with Crippen molar-refractivity contribution in [3.05, 3.63) is 29.8 Å². The van der Waals surface area contributed by atoms with Crippen molar-refractivity contribution in [2.45, 2.75) is 18.9 Å². The molecular formula is C15H18N2OS. The zero-order valence-corrected chi connectivity index (χ0v) is 11.6. The number of carbonyl (C=O) groups excluding carboxylic acids is 1. The van der Waals surface area contributed by atoms with Crippen molar-refractivity contribution >= 4 is 23.4 Å². The number of thioether (sulfide) groups is 1. The van der Waals surface area contributed by atoms with Gasteiger partial charge in [0.2, 0.25) is 5.91 Å². The molecule has 0 saturated carbocycles. The first-order valence-electron chi connectivity index (χ1n) is 6.44. The van der Waals surface area contributed by atoms with Crippen LogP contribution >= 0.6 is 11.8 Å². The van der Waals surface area contributed by atoms with Crippen molar-refractivity contribution in [1.82, 2.24) is 5.32 Å². The Morgan fingerprint density at radius 3 is 3.16 bits per heavy atom. The Hall–Kier alpha value is -1.44. The number of hydrogen-bond acceptors (Lipinski definition) is 3. The van der Waals surface area contributed by atoms with Crippen LogP contribution in [0.15, 0.2) is 24.3 Å². The third-order valence-corrected chi connectivity index (χ3v) is 3.98. The third kappa shape index (κ3) is 4.02. The highest BCUT2D eigenvalue weighted by atomic mass is 32.2. The minimum absolute atomic E-state index is 0.0619. The molecule has 2 N–H and O–H groups in total. The maximum absolute atomic E-state index is 12.1. The summed E-state index contributed by atoms with van der Waals surface area (Å²) in [6, 6.07) is 7.87. The molecule has 1 aliphatic rings. The summed E-state index contributed by atoms with van der Waals surface area (Å²) in [5.41, 5.74) is 2.15. The van der Waals surface area contributed by atoms with Gasteiger partial charge in [-0.2, -0.15) is 0 Å². The van der Waals surface area contributed by atoms with E-state index >= 15 is 0 Å². The molecule has 1 amide bonds. The van der Waals surface area contributed by atoms with Crippen LogP contribution in [0.1, 0.15) is 12.0 Å². The molecule has 0 saturated heterocycles. The van der Waals surface area contributed by atoms with Gasteiger partial charge < -0.3 is 10.6 Å². The van der Waals surface area contributed by atoms with Crippen molar-refractivity contribution in [2.24, 2.45) is 0 Å². The number of carbonyl (C=O) groups is 1. The summed E-state index contributed by atoms with van der Waals surface area (Å²) < 4.78 is 0. The van der Waals surface area contributed by atoms with Gasteiger partial charge in [0, 0.05) is 18.0 Å². The van der Waals surface area contributed by atoms with Crippen LogP contribution in [0, 0.1) is 12.3 Å². The lowest BCUT2D eigenvalue weighted by Crippen LogP contribution is -2.40. The normalized spacial score (nSPS) is 18.1. The van der Waals surface area contributed by atoms with Crippen molar-refractivity contribution < 1.29 is 4.79 Å². The van der Waals surface area contributed by atoms with E-state index in [1.807, 2.05) is 18.2 Å². The molecule has 2 rings (SSSR count). The van der Waals surface area contributed by atoms with Gasteiger partial charge in [0.15, 0.2) is 0 Å². The standard InChI is InChI=1S/C15H18N2OS/c1-2-10-19-11-9-16-14-8-7-12-5-3-4-6-13(12)17-15(14)18/h1,3-6,14,16H,7-11H2,(H,17,18). The topological polar surface area (TPSA) is 41.1 Å². The molecular weight excluding hydrogens is 256 g/mol. The molecule has 0 radical (unpaired) electrons. The first-order valence-corrected chi connectivity index (χ1v) is 7.60. The first-order chi connectivity index (χ1) is 9.31. The summed E-state index contributed by atoms with van der Waals surface area (Å²) in [5.74, 6) is 4.31. The number of fused-ring (bicyclic) bond motifs is 1. The van der Waals surface area contributed by atoms with E-state index in [1.54, 1.807) is 11.8 Å². The fourth-order valence-corrected chi connectivity index (χ4v) is 2.67. The second-order valence-electron chi connectivity index (χ2n) is 4.45. The van der Waals surface area contributed by atoms with E-state index in [0.717, 1.165) is 36.6 Å². The molecule has 1 atom stereocenters. The third-order valence-electron chi connectivity index (χ3n) is 3.12. The summed E-state index contributed by atoms with van der Waals surface area (Å²) in [5, 5.41) is 6.29. The monoisotopic (exact) mass is 274 g/mol. The summed E-state index contributed by atoms with van der Waals surface area (Å²) >= 11 is 1.71. The Balaban J connectivity index is 1.85. The number of rotatable bonds is 5. The van der Waals surface area contributed by atoms with Gasteiger partial charge >= 0.3 is 0 Å². The predicted octanol–water partition coefficient (Wildman–Crippen LogP) is 1.90. The molecule has 1 unspecified atom stereocenters. The molecule has 1 aromatic rings. The van der Waals surface area contributed by atoms with Gasteiger partial charge in [-0.25, -0.2) is 0 Å². The minimum atomic E-state index is -0.112. The van der Waals surface area contributed by atoms with Crippen LogP contribution in [-0.4, -0.2) is 30.0 Å². The van der Waals surface area contributed by atoms with Crippen LogP contribution in [0.25, 0.3) is 0 Å². The molecule has 3 nitrogen and oxygen atoms in total. The molecule has 0 spiro atoms. The van der Waals surface area contributed by atoms with Crippen molar-refractivity contribution in [3.8, 4) is 12.3 Å². The number of anilines is 1. The fraction of sp³-hybridized carbons (Fsp3) is 0.400. The van der Waals surface area contributed by atoms with Gasteiger partial charge in [0.1, 0.15) is 0 Å². The summed E-state index contributed by atoms with van der Waals surface area (Å²) in [6.45, 7) is 0.806. The predicted molar refractivity (Wildman–Crippen MR) is 81.3 cm³/mol. The van der Waals surface area contributed by atoms with Crippen LogP contribution in [0.5, 0.6) is 0 Å². The number of para-hydroxylation sites is 1. The maximum atomic E-state index is 12.1. The van der Waals surface area contributed by atoms with Crippen LogP contribution < -0.4 is 10.6 Å². The van der Waals surface area contributed by atoms with Gasteiger partial charge in [-0.05, 0) is 24.5 Å². The van der Waals surface area contributed by atoms with Crippen LogP contribution in [0.4, 0.5) is 5.69 Å². The lowest BCUT2D eigenvalue weighted by Gasteiger charge is -2.14. The van der Waals surface area contributed by atoms with E-state index in [2.05, 4.69) is 22.6 Å². The molecule has 19 heavy (non-hydrogen) atoms. The Bertz CT molecular complexity index is 481.